The van der Waals surface area contributed by atoms with Crippen LogP contribution in [-0.2, 0) is 0 Å². The topological polar surface area (TPSA) is 33.5 Å². The van der Waals surface area contributed by atoms with Crippen LogP contribution in [0.2, 0.25) is 0 Å². The van der Waals surface area contributed by atoms with Crippen molar-refractivity contribution in [3.8, 4) is 0 Å². The van der Waals surface area contributed by atoms with Crippen molar-refractivity contribution < 1.29 is 9.21 Å². The summed E-state index contributed by atoms with van der Waals surface area (Å²) < 4.78 is 5.62. The van der Waals surface area contributed by atoms with E-state index < -0.39 is 0 Å². The Labute approximate surface area is 117 Å². The van der Waals surface area contributed by atoms with Crippen LogP contribution in [0.4, 0.5) is 0 Å². The first kappa shape index (κ1) is 12.8. The maximum absolute atomic E-state index is 12.3. The van der Waals surface area contributed by atoms with Gasteiger partial charge >= 0.3 is 0 Å². The smallest absolute Gasteiger partial charge is 0.211 e. The largest absolute Gasteiger partial charge is 0.453 e. The molecule has 19 heavy (non-hydrogen) atoms. The Balaban J connectivity index is 1.72. The summed E-state index contributed by atoms with van der Waals surface area (Å²) in [6.45, 7) is 2.48. The molecule has 1 fully saturated rings. The summed E-state index contributed by atoms with van der Waals surface area (Å²) >= 11 is 1.97. The lowest BCUT2D eigenvalue weighted by Crippen LogP contribution is -2.31. The number of carbonyl (C=O) groups is 1. The molecule has 3 rings (SSSR count). The highest BCUT2D eigenvalue weighted by Crippen LogP contribution is 2.19. The molecule has 2 aromatic rings. The van der Waals surface area contributed by atoms with Crippen LogP contribution in [0.25, 0.3) is 11.0 Å². The lowest BCUT2D eigenvalue weighted by Gasteiger charge is -2.17. The van der Waals surface area contributed by atoms with Crippen LogP contribution in [0.1, 0.15) is 17.0 Å². The van der Waals surface area contributed by atoms with E-state index in [9.17, 15) is 4.79 Å². The quantitative estimate of drug-likeness (QED) is 0.806. The van der Waals surface area contributed by atoms with Crippen LogP contribution in [-0.4, -0.2) is 41.8 Å². The minimum Gasteiger partial charge on any atom is -0.453 e. The van der Waals surface area contributed by atoms with Gasteiger partial charge in [-0.05, 0) is 30.9 Å². The molecule has 0 bridgehead atoms. The van der Waals surface area contributed by atoms with Crippen molar-refractivity contribution >= 4 is 28.5 Å². The molecule has 0 spiro atoms. The molecule has 0 unspecified atom stereocenters. The first-order chi connectivity index (χ1) is 9.33. The van der Waals surface area contributed by atoms with Gasteiger partial charge in [0.05, 0.1) is 6.54 Å². The number of rotatable bonds is 3. The molecule has 0 saturated carbocycles. The van der Waals surface area contributed by atoms with E-state index in [1.54, 1.807) is 0 Å². The van der Waals surface area contributed by atoms with Crippen LogP contribution in [0.5, 0.6) is 0 Å². The Morgan fingerprint density at radius 1 is 1.26 bits per heavy atom. The van der Waals surface area contributed by atoms with Crippen LogP contribution >= 0.6 is 11.8 Å². The Morgan fingerprint density at radius 3 is 3.05 bits per heavy atom. The fraction of sp³-hybridized carbons (Fsp3) is 0.400. The number of carbonyl (C=O) groups excluding carboxylic acids is 1. The summed E-state index contributed by atoms with van der Waals surface area (Å²) in [4.78, 5) is 14.5. The highest BCUT2D eigenvalue weighted by Gasteiger charge is 2.17. The number of nitrogens with zero attached hydrogens (tertiary/aromatic N) is 1. The average Bonchev–Trinajstić information content (AvgIpc) is 2.70. The minimum atomic E-state index is 0.0862. The van der Waals surface area contributed by atoms with Gasteiger partial charge in [-0.25, -0.2) is 0 Å². The number of furan rings is 1. The first-order valence-corrected chi connectivity index (χ1v) is 7.80. The van der Waals surface area contributed by atoms with Crippen molar-refractivity contribution in [2.45, 2.75) is 6.42 Å². The summed E-state index contributed by atoms with van der Waals surface area (Å²) in [7, 11) is 0. The predicted molar refractivity (Wildman–Crippen MR) is 78.9 cm³/mol. The summed E-state index contributed by atoms with van der Waals surface area (Å²) in [5.74, 6) is 2.89. The number of fused-ring (bicyclic) bond motifs is 1. The molecule has 1 aromatic heterocycles. The van der Waals surface area contributed by atoms with Gasteiger partial charge in [0, 0.05) is 17.7 Å². The van der Waals surface area contributed by atoms with Crippen LogP contribution in [0.3, 0.4) is 0 Å². The Bertz CT molecular complexity index is 537. The second kappa shape index (κ2) is 5.80. The Kier molecular flexibility index (Phi) is 3.89. The summed E-state index contributed by atoms with van der Waals surface area (Å²) in [5, 5.41) is 0.997. The molecule has 0 N–H and O–H groups in total. The van der Waals surface area contributed by atoms with Crippen molar-refractivity contribution in [1.29, 1.82) is 0 Å². The molecular formula is C15H17NO2S. The monoisotopic (exact) mass is 275 g/mol. The zero-order valence-electron chi connectivity index (χ0n) is 10.8. The molecule has 1 aliphatic heterocycles. The molecule has 0 aliphatic carbocycles. The van der Waals surface area contributed by atoms with E-state index in [4.69, 9.17) is 4.42 Å². The number of benzene rings is 1. The Morgan fingerprint density at radius 2 is 2.16 bits per heavy atom. The molecule has 0 atom stereocenters. The van der Waals surface area contributed by atoms with Crippen LogP contribution in [0.15, 0.2) is 34.7 Å². The zero-order valence-corrected chi connectivity index (χ0v) is 11.6. The number of para-hydroxylation sites is 1. The van der Waals surface area contributed by atoms with Gasteiger partial charge in [-0.2, -0.15) is 11.8 Å². The number of hydrogen-bond donors (Lipinski definition) is 0. The lowest BCUT2D eigenvalue weighted by atomic mass is 10.2. The summed E-state index contributed by atoms with van der Waals surface area (Å²) in [6.07, 6.45) is 1.16. The molecule has 4 heteroatoms. The molecule has 3 nitrogen and oxygen atoms in total. The standard InChI is InChI=1S/C15H17NO2S/c17-13(11-16-6-3-8-19-9-7-16)15-10-12-4-1-2-5-14(12)18-15/h1-2,4-5,10H,3,6-9,11H2. The first-order valence-electron chi connectivity index (χ1n) is 6.65. The molecule has 100 valence electrons. The van der Waals surface area contributed by atoms with E-state index in [1.807, 2.05) is 42.1 Å². The van der Waals surface area contributed by atoms with Crippen molar-refractivity contribution in [2.75, 3.05) is 31.1 Å². The molecule has 2 heterocycles. The molecule has 1 aliphatic rings. The van der Waals surface area contributed by atoms with Crippen molar-refractivity contribution in [3.05, 3.63) is 36.1 Å². The van der Waals surface area contributed by atoms with Gasteiger partial charge in [0.2, 0.25) is 5.78 Å². The zero-order chi connectivity index (χ0) is 13.1. The molecular weight excluding hydrogens is 258 g/mol. The third kappa shape index (κ3) is 3.01. The van der Waals surface area contributed by atoms with Gasteiger partial charge in [-0.15, -0.1) is 0 Å². The van der Waals surface area contributed by atoms with E-state index in [-0.39, 0.29) is 5.78 Å². The minimum absolute atomic E-state index is 0.0862. The number of thioether (sulfide) groups is 1. The molecule has 1 saturated heterocycles. The normalized spacial score (nSPS) is 17.5. The highest BCUT2D eigenvalue weighted by molar-refractivity contribution is 7.99. The van der Waals surface area contributed by atoms with Gasteiger partial charge in [-0.1, -0.05) is 18.2 Å². The second-order valence-electron chi connectivity index (χ2n) is 4.81. The lowest BCUT2D eigenvalue weighted by molar-refractivity contribution is 0.0910. The van der Waals surface area contributed by atoms with Crippen LogP contribution in [0, 0.1) is 0 Å². The molecule has 1 aromatic carbocycles. The fourth-order valence-corrected chi connectivity index (χ4v) is 3.28. The summed E-state index contributed by atoms with van der Waals surface area (Å²) in [5.41, 5.74) is 0.789. The van der Waals surface area contributed by atoms with E-state index >= 15 is 0 Å². The van der Waals surface area contributed by atoms with E-state index in [0.29, 0.717) is 12.3 Å². The van der Waals surface area contributed by atoms with Crippen molar-refractivity contribution in [3.63, 3.8) is 0 Å². The van der Waals surface area contributed by atoms with Gasteiger partial charge in [0.15, 0.2) is 5.76 Å². The van der Waals surface area contributed by atoms with Gasteiger partial charge in [0.1, 0.15) is 5.58 Å². The van der Waals surface area contributed by atoms with Gasteiger partial charge in [-0.3, -0.25) is 9.69 Å². The van der Waals surface area contributed by atoms with Gasteiger partial charge in [0.25, 0.3) is 0 Å². The predicted octanol–water partition coefficient (Wildman–Crippen LogP) is 3.05. The maximum atomic E-state index is 12.3. The van der Waals surface area contributed by atoms with Crippen molar-refractivity contribution in [2.24, 2.45) is 0 Å². The fourth-order valence-electron chi connectivity index (χ4n) is 2.36. The van der Waals surface area contributed by atoms with E-state index in [0.717, 1.165) is 36.2 Å². The number of ketones is 1. The molecule has 0 radical (unpaired) electrons. The molecule has 0 amide bonds. The number of Topliss-reactive ketones (excluding diaryl/α,β-unsaturated/α-hetero) is 1. The second-order valence-corrected chi connectivity index (χ2v) is 6.04. The van der Waals surface area contributed by atoms with E-state index in [2.05, 4.69) is 4.90 Å². The third-order valence-corrected chi connectivity index (χ3v) is 4.43. The number of hydrogen-bond acceptors (Lipinski definition) is 4. The summed E-state index contributed by atoms with van der Waals surface area (Å²) in [6, 6.07) is 9.60. The van der Waals surface area contributed by atoms with E-state index in [1.165, 1.54) is 5.75 Å². The SMILES string of the molecule is O=C(CN1CCCSCC1)c1cc2ccccc2o1. The van der Waals surface area contributed by atoms with Gasteiger partial charge < -0.3 is 4.42 Å². The van der Waals surface area contributed by atoms with Crippen molar-refractivity contribution in [1.82, 2.24) is 4.90 Å². The third-order valence-electron chi connectivity index (χ3n) is 3.38. The highest BCUT2D eigenvalue weighted by atomic mass is 32.2. The average molecular weight is 275 g/mol. The maximum Gasteiger partial charge on any atom is 0.211 e. The Hall–Kier alpha value is -1.26. The van der Waals surface area contributed by atoms with Crippen LogP contribution < -0.4 is 0 Å².